The second-order valence-corrected chi connectivity index (χ2v) is 11.8. The van der Waals surface area contributed by atoms with Crippen molar-refractivity contribution in [3.8, 4) is 5.69 Å². The topological polar surface area (TPSA) is 76.2 Å². The fourth-order valence-corrected chi connectivity index (χ4v) is 6.94. The monoisotopic (exact) mass is 591 g/mol. The summed E-state index contributed by atoms with van der Waals surface area (Å²) in [7, 11) is 0. The first-order valence-electron chi connectivity index (χ1n) is 13.6. The second-order valence-electron chi connectivity index (χ2n) is 10.2. The fourth-order valence-electron chi connectivity index (χ4n) is 5.78. The molecule has 3 aromatic carbocycles. The van der Waals surface area contributed by atoms with Gasteiger partial charge < -0.3 is 14.8 Å². The van der Waals surface area contributed by atoms with Crippen molar-refractivity contribution in [2.24, 2.45) is 0 Å². The molecule has 0 radical (unpaired) electrons. The summed E-state index contributed by atoms with van der Waals surface area (Å²) in [5.74, 6) is 0. The number of nitro benzene ring substituents is 1. The molecule has 9 heteroatoms. The third kappa shape index (κ3) is 5.06. The van der Waals surface area contributed by atoms with Gasteiger partial charge in [0.2, 0.25) is 0 Å². The van der Waals surface area contributed by atoms with E-state index < -0.39 is 0 Å². The van der Waals surface area contributed by atoms with Gasteiger partial charge >= 0.3 is 0 Å². The van der Waals surface area contributed by atoms with E-state index in [0.29, 0.717) is 5.11 Å². The number of hydrogen-bond donors (Lipinski definition) is 1. The molecule has 1 fully saturated rings. The van der Waals surface area contributed by atoms with Crippen molar-refractivity contribution in [3.05, 3.63) is 142 Å². The number of non-ortho nitro benzene ring substituents is 1. The van der Waals surface area contributed by atoms with E-state index in [1.807, 2.05) is 30.5 Å². The molecule has 0 unspecified atom stereocenters. The molecule has 0 saturated carbocycles. The van der Waals surface area contributed by atoms with Crippen LogP contribution in [-0.4, -0.2) is 19.6 Å². The molecular weight excluding hydrogens is 563 g/mol. The van der Waals surface area contributed by atoms with Gasteiger partial charge in [-0.15, -0.1) is 0 Å². The number of para-hydroxylation sites is 1. The van der Waals surface area contributed by atoms with E-state index in [1.165, 1.54) is 34.6 Å². The third-order valence-electron chi connectivity index (χ3n) is 7.81. The Morgan fingerprint density at radius 2 is 1.48 bits per heavy atom. The lowest BCUT2D eigenvalue weighted by Crippen LogP contribution is -2.29. The highest BCUT2D eigenvalue weighted by molar-refractivity contribution is 7.99. The quantitative estimate of drug-likeness (QED) is 0.117. The third-order valence-corrected chi connectivity index (χ3v) is 9.14. The van der Waals surface area contributed by atoms with E-state index in [1.54, 1.807) is 23.9 Å². The van der Waals surface area contributed by atoms with Gasteiger partial charge in [-0.3, -0.25) is 15.1 Å². The van der Waals surface area contributed by atoms with Gasteiger partial charge in [-0.05, 0) is 99.2 Å². The van der Waals surface area contributed by atoms with Crippen LogP contribution in [-0.2, 0) is 0 Å². The smallest absolute Gasteiger partial charge is 0.269 e. The first kappa shape index (κ1) is 27.7. The Balaban J connectivity index is 1.40. The number of benzene rings is 3. The summed E-state index contributed by atoms with van der Waals surface area (Å²) < 4.78 is 2.32. The predicted octanol–water partition coefficient (Wildman–Crippen LogP) is 8.03. The summed E-state index contributed by atoms with van der Waals surface area (Å²) >= 11 is 7.55. The van der Waals surface area contributed by atoms with E-state index >= 15 is 0 Å². The number of pyridine rings is 1. The largest absolute Gasteiger partial charge is 0.351 e. The van der Waals surface area contributed by atoms with Gasteiger partial charge in [0.15, 0.2) is 5.11 Å². The minimum Gasteiger partial charge on any atom is -0.351 e. The van der Waals surface area contributed by atoms with Crippen LogP contribution < -0.4 is 10.2 Å². The summed E-state index contributed by atoms with van der Waals surface area (Å²) in [6, 6.07) is 31.1. The Hall–Kier alpha value is -4.47. The molecule has 7 nitrogen and oxygen atoms in total. The molecule has 0 aliphatic carbocycles. The van der Waals surface area contributed by atoms with Crippen molar-refractivity contribution in [3.63, 3.8) is 0 Å². The molecule has 2 aromatic heterocycles. The predicted molar refractivity (Wildman–Crippen MR) is 172 cm³/mol. The summed E-state index contributed by atoms with van der Waals surface area (Å²) in [4.78, 5) is 19.5. The molecule has 6 rings (SSSR count). The van der Waals surface area contributed by atoms with Crippen LogP contribution in [0.2, 0.25) is 0 Å². The van der Waals surface area contributed by atoms with E-state index in [4.69, 9.17) is 17.2 Å². The van der Waals surface area contributed by atoms with Crippen LogP contribution in [0.25, 0.3) is 5.69 Å². The van der Waals surface area contributed by atoms with Crippen molar-refractivity contribution in [1.82, 2.24) is 14.9 Å². The van der Waals surface area contributed by atoms with Gasteiger partial charge in [0.05, 0.1) is 22.7 Å². The summed E-state index contributed by atoms with van der Waals surface area (Å²) in [5, 5.41) is 15.2. The number of nitro groups is 1. The van der Waals surface area contributed by atoms with E-state index in [2.05, 4.69) is 84.1 Å². The van der Waals surface area contributed by atoms with Gasteiger partial charge in [0.25, 0.3) is 5.69 Å². The lowest BCUT2D eigenvalue weighted by atomic mass is 9.93. The Morgan fingerprint density at radius 3 is 2.10 bits per heavy atom. The van der Waals surface area contributed by atoms with E-state index in [-0.39, 0.29) is 22.7 Å². The van der Waals surface area contributed by atoms with Crippen molar-refractivity contribution in [2.75, 3.05) is 4.90 Å². The van der Waals surface area contributed by atoms with Gasteiger partial charge in [-0.2, -0.15) is 0 Å². The summed E-state index contributed by atoms with van der Waals surface area (Å²) in [6.45, 7) is 6.54. The molecule has 3 heterocycles. The number of aromatic nitrogens is 2. The van der Waals surface area contributed by atoms with Gasteiger partial charge in [-0.1, -0.05) is 36.0 Å². The maximum Gasteiger partial charge on any atom is 0.269 e. The minimum absolute atomic E-state index is 0.0835. The normalized spacial score (nSPS) is 16.5. The highest BCUT2D eigenvalue weighted by atomic mass is 32.2. The van der Waals surface area contributed by atoms with E-state index in [9.17, 15) is 10.1 Å². The lowest BCUT2D eigenvalue weighted by Gasteiger charge is -2.29. The van der Waals surface area contributed by atoms with Crippen LogP contribution in [0.3, 0.4) is 0 Å². The highest BCUT2D eigenvalue weighted by Gasteiger charge is 2.43. The maximum atomic E-state index is 11.0. The molecule has 5 aromatic rings. The number of rotatable bonds is 7. The Kier molecular flexibility index (Phi) is 7.53. The SMILES string of the molecule is Cc1c([C@H]2[C@@H](c3ccccn3)NC(=S)N2c2ccc(Sc3ccc([N+](=O)[O-])cc3)cc2)c(C)n(-c2ccccc2)c1C. The van der Waals surface area contributed by atoms with Crippen LogP contribution in [0.15, 0.2) is 113 Å². The minimum atomic E-state index is -0.385. The molecule has 1 aliphatic heterocycles. The molecule has 1 aliphatic rings. The molecule has 0 bridgehead atoms. The Labute approximate surface area is 254 Å². The average molecular weight is 592 g/mol. The first-order valence-corrected chi connectivity index (χ1v) is 14.8. The number of nitrogens with zero attached hydrogens (tertiary/aromatic N) is 4. The van der Waals surface area contributed by atoms with Crippen LogP contribution in [0.5, 0.6) is 0 Å². The van der Waals surface area contributed by atoms with Crippen LogP contribution in [0.1, 0.15) is 40.3 Å². The van der Waals surface area contributed by atoms with Crippen LogP contribution in [0, 0.1) is 30.9 Å². The standard InChI is InChI=1S/C33H29N5O2S2/c1-21-22(2)36(24-9-5-4-6-10-24)23(3)30(21)32-31(29-11-7-8-20-34-29)35-33(41)37(32)25-12-16-27(17-13-25)42-28-18-14-26(15-19-28)38(39)40/h4-20,31-32H,1-3H3,(H,35,41)/t31-,32+/m1/s1. The van der Waals surface area contributed by atoms with Gasteiger partial charge in [-0.25, -0.2) is 0 Å². The molecular formula is C33H29N5O2S2. The number of nitrogens with one attached hydrogen (secondary N) is 1. The Bertz CT molecular complexity index is 1750. The van der Waals surface area contributed by atoms with Crippen LogP contribution >= 0.6 is 24.0 Å². The molecule has 1 N–H and O–H groups in total. The molecule has 42 heavy (non-hydrogen) atoms. The molecule has 210 valence electrons. The number of anilines is 1. The molecule has 0 spiro atoms. The highest BCUT2D eigenvalue weighted by Crippen LogP contribution is 2.45. The fraction of sp³-hybridized carbons (Fsp3) is 0.152. The average Bonchev–Trinajstić information content (AvgIpc) is 3.45. The van der Waals surface area contributed by atoms with Gasteiger partial charge in [0, 0.05) is 56.4 Å². The maximum absolute atomic E-state index is 11.0. The van der Waals surface area contributed by atoms with E-state index in [0.717, 1.165) is 26.9 Å². The molecule has 0 amide bonds. The van der Waals surface area contributed by atoms with Crippen molar-refractivity contribution in [2.45, 2.75) is 42.6 Å². The number of thiocarbonyl (C=S) groups is 1. The summed E-state index contributed by atoms with van der Waals surface area (Å²) in [5.41, 5.74) is 7.94. The zero-order chi connectivity index (χ0) is 29.4. The molecule has 1 saturated heterocycles. The van der Waals surface area contributed by atoms with Gasteiger partial charge in [0.1, 0.15) is 0 Å². The zero-order valence-electron chi connectivity index (χ0n) is 23.4. The molecule has 2 atom stereocenters. The summed E-state index contributed by atoms with van der Waals surface area (Å²) in [6.07, 6.45) is 1.82. The zero-order valence-corrected chi connectivity index (χ0v) is 25.0. The Morgan fingerprint density at radius 1 is 0.833 bits per heavy atom. The lowest BCUT2D eigenvalue weighted by molar-refractivity contribution is -0.384. The second kappa shape index (κ2) is 11.4. The van der Waals surface area contributed by atoms with Crippen molar-refractivity contribution in [1.29, 1.82) is 0 Å². The van der Waals surface area contributed by atoms with Crippen molar-refractivity contribution >= 4 is 40.5 Å². The van der Waals surface area contributed by atoms with Crippen LogP contribution in [0.4, 0.5) is 11.4 Å². The first-order chi connectivity index (χ1) is 20.3. The number of hydrogen-bond acceptors (Lipinski definition) is 5. The van der Waals surface area contributed by atoms with Crippen molar-refractivity contribution < 1.29 is 4.92 Å².